The molecule has 2 aromatic heterocycles. The molecule has 2 rings (SSSR count). The van der Waals surface area contributed by atoms with Crippen molar-refractivity contribution >= 4 is 28.8 Å². The summed E-state index contributed by atoms with van der Waals surface area (Å²) in [6.07, 6.45) is 1.72. The van der Waals surface area contributed by atoms with Crippen LogP contribution in [0.4, 0.5) is 5.82 Å². The predicted octanol–water partition coefficient (Wildman–Crippen LogP) is 2.90. The summed E-state index contributed by atoms with van der Waals surface area (Å²) < 4.78 is 0.749. The molecule has 0 aromatic carbocycles. The van der Waals surface area contributed by atoms with Gasteiger partial charge in [-0.3, -0.25) is 0 Å². The molecule has 72 valence electrons. The van der Waals surface area contributed by atoms with Gasteiger partial charge in [-0.25, -0.2) is 9.97 Å². The van der Waals surface area contributed by atoms with E-state index in [2.05, 4.69) is 15.3 Å². The van der Waals surface area contributed by atoms with E-state index in [-0.39, 0.29) is 0 Å². The second kappa shape index (κ2) is 3.94. The first-order valence-corrected chi connectivity index (χ1v) is 5.25. The van der Waals surface area contributed by atoms with Gasteiger partial charge in [-0.05, 0) is 18.2 Å². The lowest BCUT2D eigenvalue weighted by Crippen LogP contribution is -1.94. The summed E-state index contributed by atoms with van der Waals surface area (Å²) in [7, 11) is 1.83. The molecular formula is C9H8ClN3S. The summed E-state index contributed by atoms with van der Waals surface area (Å²) >= 11 is 7.30. The van der Waals surface area contributed by atoms with Crippen molar-refractivity contribution in [1.82, 2.24) is 9.97 Å². The third-order valence-electron chi connectivity index (χ3n) is 1.71. The van der Waals surface area contributed by atoms with Gasteiger partial charge in [0.15, 0.2) is 5.82 Å². The molecule has 0 unspecified atom stereocenters. The van der Waals surface area contributed by atoms with Gasteiger partial charge in [-0.1, -0.05) is 11.6 Å². The fourth-order valence-corrected chi connectivity index (χ4v) is 2.04. The Hall–Kier alpha value is -1.13. The van der Waals surface area contributed by atoms with Crippen LogP contribution < -0.4 is 5.32 Å². The van der Waals surface area contributed by atoms with E-state index < -0.39 is 0 Å². The summed E-state index contributed by atoms with van der Waals surface area (Å²) in [5, 5.41) is 2.96. The number of anilines is 1. The van der Waals surface area contributed by atoms with Crippen LogP contribution in [-0.4, -0.2) is 17.0 Å². The van der Waals surface area contributed by atoms with E-state index in [9.17, 15) is 0 Å². The van der Waals surface area contributed by atoms with Crippen LogP contribution in [0.15, 0.2) is 24.4 Å². The van der Waals surface area contributed by atoms with Crippen LogP contribution in [0.1, 0.15) is 0 Å². The molecule has 2 heterocycles. The van der Waals surface area contributed by atoms with E-state index in [4.69, 9.17) is 11.6 Å². The van der Waals surface area contributed by atoms with Gasteiger partial charge >= 0.3 is 0 Å². The fourth-order valence-electron chi connectivity index (χ4n) is 1.05. The molecule has 0 bridgehead atoms. The number of hydrogen-bond donors (Lipinski definition) is 1. The second-order valence-electron chi connectivity index (χ2n) is 2.62. The molecule has 5 heteroatoms. The van der Waals surface area contributed by atoms with Crippen molar-refractivity contribution < 1.29 is 0 Å². The van der Waals surface area contributed by atoms with Crippen LogP contribution >= 0.6 is 22.9 Å². The molecule has 14 heavy (non-hydrogen) atoms. The van der Waals surface area contributed by atoms with E-state index in [1.165, 1.54) is 11.3 Å². The number of nitrogens with one attached hydrogen (secondary N) is 1. The minimum absolute atomic E-state index is 0.703. The molecule has 0 fully saturated rings. The number of rotatable bonds is 2. The highest BCUT2D eigenvalue weighted by molar-refractivity contribution is 7.19. The third-order valence-corrected chi connectivity index (χ3v) is 2.93. The lowest BCUT2D eigenvalue weighted by atomic mass is 10.4. The molecule has 0 spiro atoms. The Morgan fingerprint density at radius 2 is 2.21 bits per heavy atom. The van der Waals surface area contributed by atoms with Gasteiger partial charge in [0.2, 0.25) is 0 Å². The Morgan fingerprint density at radius 1 is 1.36 bits per heavy atom. The Labute approximate surface area is 90.8 Å². The predicted molar refractivity (Wildman–Crippen MR) is 59.9 cm³/mol. The number of nitrogens with zero attached hydrogens (tertiary/aromatic N) is 2. The first kappa shape index (κ1) is 9.43. The Bertz CT molecular complexity index is 441. The Morgan fingerprint density at radius 3 is 2.86 bits per heavy atom. The summed E-state index contributed by atoms with van der Waals surface area (Å²) in [4.78, 5) is 9.45. The summed E-state index contributed by atoms with van der Waals surface area (Å²) in [6.45, 7) is 0. The first-order chi connectivity index (χ1) is 6.79. The lowest BCUT2D eigenvalue weighted by Gasteiger charge is -1.99. The topological polar surface area (TPSA) is 37.8 Å². The monoisotopic (exact) mass is 225 g/mol. The molecule has 3 nitrogen and oxygen atoms in total. The molecule has 2 aromatic rings. The maximum absolute atomic E-state index is 5.83. The van der Waals surface area contributed by atoms with Crippen LogP contribution in [0.3, 0.4) is 0 Å². The molecule has 0 aliphatic carbocycles. The lowest BCUT2D eigenvalue weighted by molar-refractivity contribution is 1.18. The van der Waals surface area contributed by atoms with Crippen molar-refractivity contribution in [3.8, 4) is 10.7 Å². The highest BCUT2D eigenvalue weighted by Gasteiger charge is 2.04. The van der Waals surface area contributed by atoms with Gasteiger partial charge in [-0.15, -0.1) is 11.3 Å². The molecular weight excluding hydrogens is 218 g/mol. The van der Waals surface area contributed by atoms with Gasteiger partial charge in [0.1, 0.15) is 5.82 Å². The quantitative estimate of drug-likeness (QED) is 0.854. The Balaban J connectivity index is 2.41. The molecule has 0 amide bonds. The highest BCUT2D eigenvalue weighted by Crippen LogP contribution is 2.28. The minimum Gasteiger partial charge on any atom is -0.373 e. The van der Waals surface area contributed by atoms with Crippen molar-refractivity contribution in [3.63, 3.8) is 0 Å². The van der Waals surface area contributed by atoms with Gasteiger partial charge in [0, 0.05) is 13.2 Å². The van der Waals surface area contributed by atoms with Crippen LogP contribution in [0, 0.1) is 0 Å². The maximum atomic E-state index is 5.83. The normalized spacial score (nSPS) is 10.1. The van der Waals surface area contributed by atoms with E-state index in [0.29, 0.717) is 5.82 Å². The molecule has 0 aliphatic heterocycles. The van der Waals surface area contributed by atoms with Gasteiger partial charge in [-0.2, -0.15) is 0 Å². The van der Waals surface area contributed by atoms with Crippen LogP contribution in [0.2, 0.25) is 4.34 Å². The van der Waals surface area contributed by atoms with Crippen molar-refractivity contribution in [2.24, 2.45) is 0 Å². The van der Waals surface area contributed by atoms with Crippen molar-refractivity contribution in [2.45, 2.75) is 0 Å². The fraction of sp³-hybridized carbons (Fsp3) is 0.111. The van der Waals surface area contributed by atoms with E-state index in [1.54, 1.807) is 6.20 Å². The zero-order chi connectivity index (χ0) is 9.97. The molecule has 0 aliphatic rings. The van der Waals surface area contributed by atoms with Crippen LogP contribution in [0.5, 0.6) is 0 Å². The van der Waals surface area contributed by atoms with Crippen molar-refractivity contribution in [1.29, 1.82) is 0 Å². The Kier molecular flexibility index (Phi) is 2.65. The standard InChI is InChI=1S/C9H8ClN3S/c1-11-8-4-5-12-9(13-8)6-2-3-7(10)14-6/h2-5H,1H3,(H,11,12,13). The number of thiophene rings is 1. The second-order valence-corrected chi connectivity index (χ2v) is 4.33. The zero-order valence-electron chi connectivity index (χ0n) is 7.49. The number of hydrogen-bond acceptors (Lipinski definition) is 4. The summed E-state index contributed by atoms with van der Waals surface area (Å²) in [6, 6.07) is 5.58. The van der Waals surface area contributed by atoms with Crippen molar-refractivity contribution in [2.75, 3.05) is 12.4 Å². The highest BCUT2D eigenvalue weighted by atomic mass is 35.5. The summed E-state index contributed by atoms with van der Waals surface area (Å²) in [5.41, 5.74) is 0. The molecule has 0 saturated heterocycles. The average molecular weight is 226 g/mol. The van der Waals surface area contributed by atoms with Crippen molar-refractivity contribution in [3.05, 3.63) is 28.7 Å². The van der Waals surface area contributed by atoms with Crippen LogP contribution in [0.25, 0.3) is 10.7 Å². The smallest absolute Gasteiger partial charge is 0.171 e. The molecule has 1 N–H and O–H groups in total. The van der Waals surface area contributed by atoms with E-state index in [1.807, 2.05) is 25.2 Å². The minimum atomic E-state index is 0.703. The number of halogens is 1. The molecule has 0 atom stereocenters. The molecule has 0 saturated carbocycles. The van der Waals surface area contributed by atoms with Gasteiger partial charge in [0.25, 0.3) is 0 Å². The largest absolute Gasteiger partial charge is 0.373 e. The third kappa shape index (κ3) is 1.86. The first-order valence-electron chi connectivity index (χ1n) is 4.06. The van der Waals surface area contributed by atoms with Gasteiger partial charge < -0.3 is 5.32 Å². The SMILES string of the molecule is CNc1ccnc(-c2ccc(Cl)s2)n1. The zero-order valence-corrected chi connectivity index (χ0v) is 9.06. The van der Waals surface area contributed by atoms with E-state index in [0.717, 1.165) is 15.0 Å². The van der Waals surface area contributed by atoms with Gasteiger partial charge in [0.05, 0.1) is 9.21 Å². The molecule has 0 radical (unpaired) electrons. The number of aromatic nitrogens is 2. The van der Waals surface area contributed by atoms with E-state index >= 15 is 0 Å². The van der Waals surface area contributed by atoms with Crippen LogP contribution in [-0.2, 0) is 0 Å². The maximum Gasteiger partial charge on any atom is 0.171 e. The summed E-state index contributed by atoms with van der Waals surface area (Å²) in [5.74, 6) is 1.51. The average Bonchev–Trinajstić information content (AvgIpc) is 2.65.